The van der Waals surface area contributed by atoms with Crippen LogP contribution in [0.3, 0.4) is 0 Å². The highest BCUT2D eigenvalue weighted by Gasteiger charge is 2.49. The minimum Gasteiger partial charge on any atom is -0.302 e. The molecule has 42 heavy (non-hydrogen) atoms. The van der Waals surface area contributed by atoms with Gasteiger partial charge in [-0.05, 0) is 67.4 Å². The normalized spacial score (nSPS) is 15.7. The van der Waals surface area contributed by atoms with Gasteiger partial charge in [-0.25, -0.2) is 9.13 Å². The first-order valence-corrected chi connectivity index (χ1v) is 17.6. The largest absolute Gasteiger partial charge is 0.482 e. The van der Waals surface area contributed by atoms with Crippen LogP contribution in [-0.2, 0) is 45.2 Å². The predicted octanol–water partition coefficient (Wildman–Crippen LogP) is 9.39. The minimum absolute atomic E-state index is 0.0507. The zero-order chi connectivity index (χ0) is 32.9. The smallest absolute Gasteiger partial charge is 0.302 e. The Labute approximate surface area is 254 Å². The lowest BCUT2D eigenvalue weighted by molar-refractivity contribution is 0.0435. The monoisotopic (exact) mass is 624 g/mol. The van der Waals surface area contributed by atoms with Crippen molar-refractivity contribution >= 4 is 15.6 Å². The molecule has 2 aromatic rings. The van der Waals surface area contributed by atoms with E-state index in [1.165, 1.54) is 0 Å². The van der Waals surface area contributed by atoms with Crippen LogP contribution in [0.1, 0.15) is 137 Å². The molecule has 2 aromatic carbocycles. The fourth-order valence-corrected chi connectivity index (χ4v) is 7.26. The summed E-state index contributed by atoms with van der Waals surface area (Å²) in [4.78, 5) is 30.1. The molecule has 238 valence electrons. The Kier molecular flexibility index (Phi) is 10.4. The van der Waals surface area contributed by atoms with Crippen LogP contribution >= 0.6 is 15.6 Å². The number of hydrogen-bond acceptors (Lipinski definition) is 4. The van der Waals surface area contributed by atoms with Gasteiger partial charge in [-0.1, -0.05) is 133 Å². The van der Waals surface area contributed by atoms with Gasteiger partial charge in [0.25, 0.3) is 0 Å². The van der Waals surface area contributed by atoms with E-state index in [-0.39, 0.29) is 23.2 Å². The first kappa shape index (κ1) is 36.9. The van der Waals surface area contributed by atoms with Gasteiger partial charge in [-0.15, -0.1) is 0 Å². The van der Waals surface area contributed by atoms with Crippen molar-refractivity contribution in [1.29, 1.82) is 0 Å². The summed E-state index contributed by atoms with van der Waals surface area (Å²) in [7, 11) is -10.7. The molecule has 0 fully saturated rings. The van der Waals surface area contributed by atoms with Gasteiger partial charge in [-0.3, -0.25) is 4.52 Å². The Balaban J connectivity index is 3.26. The number of benzene rings is 2. The molecule has 0 heterocycles. The van der Waals surface area contributed by atoms with Gasteiger partial charge in [0.05, 0.1) is 0 Å². The molecule has 3 N–H and O–H groups in total. The fourth-order valence-electron chi connectivity index (χ4n) is 5.39. The van der Waals surface area contributed by atoms with E-state index in [1.54, 1.807) is 0 Å². The van der Waals surface area contributed by atoms with Crippen LogP contribution in [0.2, 0.25) is 0 Å². The van der Waals surface area contributed by atoms with Crippen LogP contribution in [0.4, 0.5) is 0 Å². The lowest BCUT2D eigenvalue weighted by atomic mass is 9.67. The average molecular weight is 625 g/mol. The quantitative estimate of drug-likeness (QED) is 0.251. The molecule has 1 atom stereocenters. The molecular formula is C33H54O7P2. The third-order valence-corrected chi connectivity index (χ3v) is 9.65. The molecule has 0 aliphatic carbocycles. The fraction of sp³-hybridized carbons (Fsp3) is 0.636. The van der Waals surface area contributed by atoms with Crippen molar-refractivity contribution in [2.75, 3.05) is 0 Å². The van der Waals surface area contributed by atoms with E-state index in [2.05, 4.69) is 99.5 Å². The molecular weight excluding hydrogens is 570 g/mol. The highest BCUT2D eigenvalue weighted by molar-refractivity contribution is 7.60. The van der Waals surface area contributed by atoms with Gasteiger partial charge in [-0.2, -0.15) is 4.31 Å². The van der Waals surface area contributed by atoms with E-state index in [0.717, 1.165) is 22.3 Å². The highest BCUT2D eigenvalue weighted by atomic mass is 31.3. The summed E-state index contributed by atoms with van der Waals surface area (Å²) in [5.74, 6) is -0.0507. The van der Waals surface area contributed by atoms with Crippen molar-refractivity contribution in [1.82, 2.24) is 0 Å². The number of rotatable bonds is 8. The van der Waals surface area contributed by atoms with E-state index in [9.17, 15) is 23.8 Å². The van der Waals surface area contributed by atoms with Gasteiger partial charge >= 0.3 is 15.6 Å². The van der Waals surface area contributed by atoms with Crippen LogP contribution in [-0.4, -0.2) is 14.7 Å². The zero-order valence-electron chi connectivity index (χ0n) is 28.1. The summed E-state index contributed by atoms with van der Waals surface area (Å²) in [6, 6.07) is 12.2. The van der Waals surface area contributed by atoms with Crippen LogP contribution in [0.5, 0.6) is 0 Å². The second kappa shape index (κ2) is 11.9. The Morgan fingerprint density at radius 1 is 0.619 bits per heavy atom. The molecule has 0 saturated carbocycles. The summed E-state index contributed by atoms with van der Waals surface area (Å²) in [6.07, 6.45) is 0.248. The van der Waals surface area contributed by atoms with Crippen molar-refractivity contribution in [2.45, 2.75) is 131 Å². The molecule has 2 rings (SSSR count). The molecule has 0 saturated heterocycles. The second-order valence-corrected chi connectivity index (χ2v) is 18.8. The number of phosphoric ester groups is 1. The van der Waals surface area contributed by atoms with Gasteiger partial charge in [0.2, 0.25) is 0 Å². The molecule has 0 aromatic heterocycles. The summed E-state index contributed by atoms with van der Waals surface area (Å²) in [5.41, 5.74) is 2.56. The first-order valence-electron chi connectivity index (χ1n) is 14.6. The standard InChI is InChI=1S/C33H54O7P2/c1-22(2)21-33(39-42(37,38)40-41(34,35)36,25-17-15-23(29(3,4)5)19-27(25)31(9,10)11)26-18-16-24(30(6,7)8)20-28(26)32(12,13)14/h15-20,22H,21H2,1-14H3,(H,37,38)(H2,34,35,36). The topological polar surface area (TPSA) is 113 Å². The number of phosphoric acid groups is 2. The van der Waals surface area contributed by atoms with Crippen LogP contribution in [0.25, 0.3) is 0 Å². The lowest BCUT2D eigenvalue weighted by Gasteiger charge is -2.43. The molecule has 0 bridgehead atoms. The van der Waals surface area contributed by atoms with Crippen molar-refractivity contribution in [2.24, 2.45) is 5.92 Å². The molecule has 9 heteroatoms. The van der Waals surface area contributed by atoms with E-state index in [4.69, 9.17) is 4.52 Å². The van der Waals surface area contributed by atoms with Crippen LogP contribution < -0.4 is 0 Å². The van der Waals surface area contributed by atoms with Crippen molar-refractivity contribution in [3.63, 3.8) is 0 Å². The van der Waals surface area contributed by atoms with Crippen molar-refractivity contribution in [3.05, 3.63) is 69.8 Å². The van der Waals surface area contributed by atoms with E-state index >= 15 is 0 Å². The molecule has 0 aliphatic heterocycles. The Morgan fingerprint density at radius 3 is 1.24 bits per heavy atom. The Morgan fingerprint density at radius 2 is 0.976 bits per heavy atom. The second-order valence-electron chi connectivity index (χ2n) is 16.1. The Bertz CT molecular complexity index is 1290. The maximum absolute atomic E-state index is 13.6. The number of hydrogen-bond donors (Lipinski definition) is 3. The van der Waals surface area contributed by atoms with Crippen molar-refractivity contribution in [3.8, 4) is 0 Å². The van der Waals surface area contributed by atoms with Gasteiger partial charge in [0, 0.05) is 0 Å². The van der Waals surface area contributed by atoms with Gasteiger partial charge in [0.1, 0.15) is 5.60 Å². The maximum Gasteiger partial charge on any atom is 0.482 e. The first-order chi connectivity index (χ1) is 18.5. The molecule has 1 unspecified atom stereocenters. The van der Waals surface area contributed by atoms with Gasteiger partial charge in [0.15, 0.2) is 0 Å². The van der Waals surface area contributed by atoms with Crippen LogP contribution in [0.15, 0.2) is 36.4 Å². The molecule has 0 radical (unpaired) electrons. The SMILES string of the molecule is CC(C)CC(OP(=O)(O)OP(=O)(O)O)(c1ccc(C(C)(C)C)cc1C(C)(C)C)c1ccc(C(C)(C)C)cc1C(C)(C)C. The minimum atomic E-state index is -5.38. The summed E-state index contributed by atoms with van der Waals surface area (Å²) in [5, 5.41) is 0. The van der Waals surface area contributed by atoms with Crippen molar-refractivity contribution < 1.29 is 32.6 Å². The maximum atomic E-state index is 13.6. The molecule has 0 spiro atoms. The van der Waals surface area contributed by atoms with E-state index < -0.39 is 32.1 Å². The molecule has 0 amide bonds. The summed E-state index contributed by atoms with van der Waals surface area (Å²) < 4.78 is 36.1. The predicted molar refractivity (Wildman–Crippen MR) is 172 cm³/mol. The summed E-state index contributed by atoms with van der Waals surface area (Å²) >= 11 is 0. The van der Waals surface area contributed by atoms with Gasteiger partial charge < -0.3 is 14.7 Å². The zero-order valence-corrected chi connectivity index (χ0v) is 29.9. The summed E-state index contributed by atoms with van der Waals surface area (Å²) in [6.45, 7) is 29.2. The third kappa shape index (κ3) is 9.11. The highest BCUT2D eigenvalue weighted by Crippen LogP contribution is 2.63. The van der Waals surface area contributed by atoms with E-state index in [0.29, 0.717) is 11.1 Å². The third-order valence-electron chi connectivity index (χ3n) is 7.43. The molecule has 0 aliphatic rings. The average Bonchev–Trinajstić information content (AvgIpc) is 2.73. The Hall–Kier alpha value is -1.30. The van der Waals surface area contributed by atoms with Crippen LogP contribution in [0, 0.1) is 5.92 Å². The lowest BCUT2D eigenvalue weighted by Crippen LogP contribution is -2.38. The molecule has 7 nitrogen and oxygen atoms in total. The van der Waals surface area contributed by atoms with E-state index in [1.807, 2.05) is 38.1 Å².